The smallest absolute Gasteiger partial charge is 0.247 e. The van der Waals surface area contributed by atoms with E-state index < -0.39 is 8.32 Å². The lowest BCUT2D eigenvalue weighted by atomic mass is 10.3. The van der Waals surface area contributed by atoms with Crippen LogP contribution in [0.5, 0.6) is 5.75 Å². The van der Waals surface area contributed by atoms with Crippen molar-refractivity contribution in [1.29, 1.82) is 0 Å². The summed E-state index contributed by atoms with van der Waals surface area (Å²) in [6, 6.07) is 11.1. The zero-order chi connectivity index (χ0) is 11.1. The van der Waals surface area contributed by atoms with Crippen LogP contribution in [0.1, 0.15) is 6.92 Å². The van der Waals surface area contributed by atoms with Crippen LogP contribution < -0.4 is 4.43 Å². The van der Waals surface area contributed by atoms with E-state index in [4.69, 9.17) is 9.16 Å². The SMILES string of the molecule is CCOCC[Si](C)(C)Oc1ccccc1. The van der Waals surface area contributed by atoms with Crippen LogP contribution in [0, 0.1) is 0 Å². The van der Waals surface area contributed by atoms with Crippen molar-refractivity contribution in [2.45, 2.75) is 26.1 Å². The Labute approximate surface area is 93.4 Å². The third-order valence-corrected chi connectivity index (χ3v) is 4.39. The third-order valence-electron chi connectivity index (χ3n) is 2.19. The van der Waals surface area contributed by atoms with Gasteiger partial charge in [0.05, 0.1) is 0 Å². The molecule has 0 aliphatic carbocycles. The van der Waals surface area contributed by atoms with Crippen molar-refractivity contribution in [2.24, 2.45) is 0 Å². The van der Waals surface area contributed by atoms with Crippen molar-refractivity contribution in [2.75, 3.05) is 13.2 Å². The molecule has 1 aromatic carbocycles. The van der Waals surface area contributed by atoms with Gasteiger partial charge in [-0.25, -0.2) is 0 Å². The van der Waals surface area contributed by atoms with Gasteiger partial charge in [0.1, 0.15) is 5.75 Å². The number of rotatable bonds is 6. The molecule has 1 rings (SSSR count). The van der Waals surface area contributed by atoms with Gasteiger partial charge in [-0.05, 0) is 32.2 Å². The van der Waals surface area contributed by atoms with Gasteiger partial charge in [-0.2, -0.15) is 0 Å². The summed E-state index contributed by atoms with van der Waals surface area (Å²) in [6.07, 6.45) is 0. The van der Waals surface area contributed by atoms with E-state index >= 15 is 0 Å². The fourth-order valence-electron chi connectivity index (χ4n) is 1.32. The fraction of sp³-hybridized carbons (Fsp3) is 0.500. The first-order chi connectivity index (χ1) is 7.14. The lowest BCUT2D eigenvalue weighted by Gasteiger charge is -2.23. The average Bonchev–Trinajstić information content (AvgIpc) is 2.18. The van der Waals surface area contributed by atoms with Crippen LogP contribution in [0.4, 0.5) is 0 Å². The Morgan fingerprint density at radius 2 is 1.80 bits per heavy atom. The van der Waals surface area contributed by atoms with Gasteiger partial charge in [0, 0.05) is 19.3 Å². The second kappa shape index (κ2) is 5.93. The molecule has 15 heavy (non-hydrogen) atoms. The molecule has 0 spiro atoms. The Morgan fingerprint density at radius 3 is 2.40 bits per heavy atom. The molecule has 0 N–H and O–H groups in total. The van der Waals surface area contributed by atoms with Gasteiger partial charge >= 0.3 is 0 Å². The van der Waals surface area contributed by atoms with Gasteiger partial charge in [0.25, 0.3) is 0 Å². The maximum Gasteiger partial charge on any atom is 0.247 e. The summed E-state index contributed by atoms with van der Waals surface area (Å²) in [5.74, 6) is 0.977. The third kappa shape index (κ3) is 5.00. The van der Waals surface area contributed by atoms with Gasteiger partial charge < -0.3 is 9.16 Å². The van der Waals surface area contributed by atoms with Gasteiger partial charge in [-0.15, -0.1) is 0 Å². The van der Waals surface area contributed by atoms with E-state index in [1.807, 2.05) is 37.3 Å². The Hall–Kier alpha value is -0.803. The minimum atomic E-state index is -1.61. The molecule has 0 heterocycles. The maximum absolute atomic E-state index is 6.01. The van der Waals surface area contributed by atoms with E-state index in [0.29, 0.717) is 0 Å². The second-order valence-electron chi connectivity index (χ2n) is 4.12. The van der Waals surface area contributed by atoms with Crippen LogP contribution in [-0.2, 0) is 4.74 Å². The first kappa shape index (κ1) is 12.3. The molecular formula is C12H20O2Si. The summed E-state index contributed by atoms with van der Waals surface area (Å²) in [5, 5.41) is 0. The van der Waals surface area contributed by atoms with Crippen LogP contribution in [0.15, 0.2) is 30.3 Å². The molecule has 0 saturated heterocycles. The molecule has 0 amide bonds. The molecule has 84 valence electrons. The Kier molecular flexibility index (Phi) is 4.85. The first-order valence-electron chi connectivity index (χ1n) is 5.46. The van der Waals surface area contributed by atoms with Crippen LogP contribution >= 0.6 is 0 Å². The minimum Gasteiger partial charge on any atom is -0.544 e. The predicted molar refractivity (Wildman–Crippen MR) is 65.9 cm³/mol. The van der Waals surface area contributed by atoms with Gasteiger partial charge in [-0.1, -0.05) is 18.2 Å². The van der Waals surface area contributed by atoms with E-state index in [1.165, 1.54) is 0 Å². The Balaban J connectivity index is 2.42. The lowest BCUT2D eigenvalue weighted by molar-refractivity contribution is 0.159. The topological polar surface area (TPSA) is 18.5 Å². The van der Waals surface area contributed by atoms with E-state index in [-0.39, 0.29) is 0 Å². The molecule has 0 aliphatic rings. The van der Waals surface area contributed by atoms with E-state index in [0.717, 1.165) is 25.0 Å². The second-order valence-corrected chi connectivity index (χ2v) is 8.35. The Bertz CT molecular complexity index is 272. The van der Waals surface area contributed by atoms with Gasteiger partial charge in [-0.3, -0.25) is 0 Å². The number of ether oxygens (including phenoxy) is 1. The molecule has 0 saturated carbocycles. The first-order valence-corrected chi connectivity index (χ1v) is 8.57. The van der Waals surface area contributed by atoms with Crippen LogP contribution in [0.3, 0.4) is 0 Å². The van der Waals surface area contributed by atoms with Crippen molar-refractivity contribution >= 4 is 8.32 Å². The zero-order valence-electron chi connectivity index (χ0n) is 9.82. The summed E-state index contributed by atoms with van der Waals surface area (Å²) in [7, 11) is -1.61. The molecule has 3 heteroatoms. The molecule has 0 unspecified atom stereocenters. The molecule has 0 bridgehead atoms. The number of benzene rings is 1. The van der Waals surface area contributed by atoms with Crippen molar-refractivity contribution in [3.8, 4) is 5.75 Å². The quantitative estimate of drug-likeness (QED) is 0.545. The summed E-state index contributed by atoms with van der Waals surface area (Å²) in [4.78, 5) is 0. The minimum absolute atomic E-state index is 0.788. The molecule has 0 aromatic heterocycles. The highest BCUT2D eigenvalue weighted by Crippen LogP contribution is 2.18. The largest absolute Gasteiger partial charge is 0.544 e. The summed E-state index contributed by atoms with van der Waals surface area (Å²) in [5.41, 5.74) is 0. The van der Waals surface area contributed by atoms with Gasteiger partial charge in [0.2, 0.25) is 8.32 Å². The summed E-state index contributed by atoms with van der Waals surface area (Å²) in [6.45, 7) is 8.06. The van der Waals surface area contributed by atoms with Gasteiger partial charge in [0.15, 0.2) is 0 Å². The van der Waals surface area contributed by atoms with Crippen molar-refractivity contribution in [3.05, 3.63) is 30.3 Å². The molecule has 0 aliphatic heterocycles. The number of para-hydroxylation sites is 1. The highest BCUT2D eigenvalue weighted by Gasteiger charge is 2.23. The summed E-state index contributed by atoms with van der Waals surface area (Å²) < 4.78 is 11.4. The predicted octanol–water partition coefficient (Wildman–Crippen LogP) is 3.31. The summed E-state index contributed by atoms with van der Waals surface area (Å²) >= 11 is 0. The lowest BCUT2D eigenvalue weighted by Crippen LogP contribution is -2.35. The fourth-order valence-corrected chi connectivity index (χ4v) is 2.83. The zero-order valence-corrected chi connectivity index (χ0v) is 10.8. The monoisotopic (exact) mass is 224 g/mol. The Morgan fingerprint density at radius 1 is 1.13 bits per heavy atom. The van der Waals surface area contributed by atoms with Crippen LogP contribution in [0.25, 0.3) is 0 Å². The van der Waals surface area contributed by atoms with Crippen molar-refractivity contribution in [1.82, 2.24) is 0 Å². The molecular weight excluding hydrogens is 204 g/mol. The normalized spacial score (nSPS) is 11.4. The molecule has 0 atom stereocenters. The molecule has 1 aromatic rings. The number of hydrogen-bond acceptors (Lipinski definition) is 2. The van der Waals surface area contributed by atoms with E-state index in [9.17, 15) is 0 Å². The average molecular weight is 224 g/mol. The number of hydrogen-bond donors (Lipinski definition) is 0. The van der Waals surface area contributed by atoms with Crippen LogP contribution in [0.2, 0.25) is 19.1 Å². The molecule has 0 fully saturated rings. The standard InChI is InChI=1S/C12H20O2Si/c1-4-13-10-11-15(2,3)14-12-8-6-5-7-9-12/h5-9H,4,10-11H2,1-3H3. The molecule has 2 nitrogen and oxygen atoms in total. The maximum atomic E-state index is 6.01. The molecule has 0 radical (unpaired) electrons. The van der Waals surface area contributed by atoms with Crippen LogP contribution in [-0.4, -0.2) is 21.5 Å². The highest BCUT2D eigenvalue weighted by molar-refractivity contribution is 6.71. The van der Waals surface area contributed by atoms with Crippen molar-refractivity contribution in [3.63, 3.8) is 0 Å². The van der Waals surface area contributed by atoms with Crippen molar-refractivity contribution < 1.29 is 9.16 Å². The van der Waals surface area contributed by atoms with E-state index in [2.05, 4.69) is 13.1 Å². The van der Waals surface area contributed by atoms with E-state index in [1.54, 1.807) is 0 Å². The highest BCUT2D eigenvalue weighted by atomic mass is 28.4.